The van der Waals surface area contributed by atoms with Crippen LogP contribution in [0.1, 0.15) is 32.0 Å². The molecule has 4 rings (SSSR count). The number of halogens is 1. The zero-order valence-electron chi connectivity index (χ0n) is 14.4. The lowest BCUT2D eigenvalue weighted by atomic mass is 10.1. The lowest BCUT2D eigenvalue weighted by Gasteiger charge is -2.34. The van der Waals surface area contributed by atoms with Gasteiger partial charge in [0.1, 0.15) is 0 Å². The number of imidazole rings is 1. The van der Waals surface area contributed by atoms with Gasteiger partial charge in [-0.1, -0.05) is 0 Å². The molecule has 4 heterocycles. The van der Waals surface area contributed by atoms with Crippen molar-refractivity contribution in [2.24, 2.45) is 7.05 Å². The van der Waals surface area contributed by atoms with Gasteiger partial charge in [0.15, 0.2) is 22.8 Å². The van der Waals surface area contributed by atoms with Gasteiger partial charge in [-0.2, -0.15) is 9.97 Å². The molecule has 2 unspecified atom stereocenters. The summed E-state index contributed by atoms with van der Waals surface area (Å²) in [4.78, 5) is 15.6. The van der Waals surface area contributed by atoms with Crippen LogP contribution in [0.2, 0.25) is 5.28 Å². The zero-order valence-corrected chi connectivity index (χ0v) is 15.2. The van der Waals surface area contributed by atoms with Gasteiger partial charge >= 0.3 is 0 Å². The first-order valence-electron chi connectivity index (χ1n) is 8.61. The van der Waals surface area contributed by atoms with Gasteiger partial charge in [-0.05, 0) is 31.4 Å². The second kappa shape index (κ2) is 6.35. The molecule has 0 amide bonds. The molecule has 2 saturated heterocycles. The lowest BCUT2D eigenvalue weighted by molar-refractivity contribution is -0.239. The van der Waals surface area contributed by atoms with Crippen molar-refractivity contribution in [1.29, 1.82) is 0 Å². The summed E-state index contributed by atoms with van der Waals surface area (Å²) >= 11 is 6.18. The maximum absolute atomic E-state index is 10.9. The van der Waals surface area contributed by atoms with Crippen LogP contribution in [0, 0.1) is 0 Å². The van der Waals surface area contributed by atoms with Crippen LogP contribution in [-0.4, -0.2) is 57.0 Å². The number of fused-ring (bicyclic) bond motifs is 1. The minimum atomic E-state index is -1.39. The van der Waals surface area contributed by atoms with Crippen molar-refractivity contribution in [3.05, 3.63) is 11.1 Å². The molecule has 8 nitrogen and oxygen atoms in total. The topological polar surface area (TPSA) is 85.5 Å². The Kier molecular flexibility index (Phi) is 4.31. The monoisotopic (exact) mass is 367 g/mol. The average molecular weight is 368 g/mol. The Balaban J connectivity index is 1.86. The van der Waals surface area contributed by atoms with Crippen LogP contribution in [0.5, 0.6) is 0 Å². The summed E-state index contributed by atoms with van der Waals surface area (Å²) in [5.41, 5.74) is 1.21. The molecule has 0 saturated carbocycles. The number of morpholine rings is 1. The summed E-state index contributed by atoms with van der Waals surface area (Å²) in [6, 6.07) is 0.155. The van der Waals surface area contributed by atoms with Crippen molar-refractivity contribution in [3.8, 4) is 0 Å². The maximum atomic E-state index is 10.9. The molecule has 0 bridgehead atoms. The molecule has 0 aromatic carbocycles. The van der Waals surface area contributed by atoms with E-state index in [0.29, 0.717) is 55.6 Å². The van der Waals surface area contributed by atoms with E-state index < -0.39 is 5.79 Å². The van der Waals surface area contributed by atoms with Gasteiger partial charge in [0.2, 0.25) is 11.1 Å². The summed E-state index contributed by atoms with van der Waals surface area (Å²) in [6.45, 7) is 4.54. The van der Waals surface area contributed by atoms with E-state index in [1.807, 2.05) is 7.05 Å². The summed E-state index contributed by atoms with van der Waals surface area (Å²) < 4.78 is 12.9. The van der Waals surface area contributed by atoms with E-state index >= 15 is 0 Å². The number of aliphatic hydroxyl groups is 1. The van der Waals surface area contributed by atoms with Gasteiger partial charge in [-0.3, -0.25) is 0 Å². The van der Waals surface area contributed by atoms with Gasteiger partial charge in [-0.15, -0.1) is 0 Å². The normalized spacial score (nSPS) is 27.8. The largest absolute Gasteiger partial charge is 0.377 e. The molecule has 0 radical (unpaired) electrons. The smallest absolute Gasteiger partial charge is 0.226 e. The van der Waals surface area contributed by atoms with Crippen LogP contribution in [0.25, 0.3) is 11.2 Å². The summed E-state index contributed by atoms with van der Waals surface area (Å²) in [5.74, 6) is -0.276. The second-order valence-electron chi connectivity index (χ2n) is 6.69. The standard InChI is InChI=1S/C16H22ClN5O3/c1-10-9-24-8-6-22(10)13-11-12(19-15(17)20-13)21(2)14(18-11)16(23)5-3-4-7-25-16/h10,23H,3-9H2,1-2H3. The molecule has 25 heavy (non-hydrogen) atoms. The maximum Gasteiger partial charge on any atom is 0.226 e. The fourth-order valence-corrected chi connectivity index (χ4v) is 3.73. The Morgan fingerprint density at radius 3 is 2.80 bits per heavy atom. The van der Waals surface area contributed by atoms with Gasteiger partial charge in [-0.25, -0.2) is 4.98 Å². The third-order valence-corrected chi connectivity index (χ3v) is 5.08. The Bertz CT molecular complexity index is 790. The molecule has 2 aromatic rings. The second-order valence-corrected chi connectivity index (χ2v) is 7.03. The molecular weight excluding hydrogens is 346 g/mol. The summed E-state index contributed by atoms with van der Waals surface area (Å²) in [5, 5.41) is 11.1. The van der Waals surface area contributed by atoms with Crippen LogP contribution in [-0.2, 0) is 22.3 Å². The third kappa shape index (κ3) is 2.87. The fraction of sp³-hybridized carbons (Fsp3) is 0.688. The quantitative estimate of drug-likeness (QED) is 0.806. The van der Waals surface area contributed by atoms with Crippen LogP contribution in [0.15, 0.2) is 0 Å². The predicted octanol–water partition coefficient (Wildman–Crippen LogP) is 1.59. The molecule has 2 aliphatic heterocycles. The van der Waals surface area contributed by atoms with Gasteiger partial charge in [0, 0.05) is 20.0 Å². The number of ether oxygens (including phenoxy) is 2. The highest BCUT2D eigenvalue weighted by atomic mass is 35.5. The first kappa shape index (κ1) is 17.0. The van der Waals surface area contributed by atoms with E-state index in [4.69, 9.17) is 21.1 Å². The van der Waals surface area contributed by atoms with E-state index in [2.05, 4.69) is 26.8 Å². The number of hydrogen-bond acceptors (Lipinski definition) is 7. The van der Waals surface area contributed by atoms with Gasteiger partial charge < -0.3 is 24.0 Å². The van der Waals surface area contributed by atoms with Crippen LogP contribution in [0.3, 0.4) is 0 Å². The summed E-state index contributed by atoms with van der Waals surface area (Å²) in [6.07, 6.45) is 2.34. The van der Waals surface area contributed by atoms with Crippen LogP contribution >= 0.6 is 11.6 Å². The SMILES string of the molecule is CC1COCCN1c1nc(Cl)nc2c1nc(C1(O)CCCCO1)n2C. The van der Waals surface area contributed by atoms with E-state index in [9.17, 15) is 5.11 Å². The Labute approximate surface area is 150 Å². The van der Waals surface area contributed by atoms with Crippen molar-refractivity contribution < 1.29 is 14.6 Å². The van der Waals surface area contributed by atoms with Gasteiger partial charge in [0.05, 0.1) is 25.9 Å². The van der Waals surface area contributed by atoms with E-state index in [0.717, 1.165) is 12.8 Å². The highest BCUT2D eigenvalue weighted by Crippen LogP contribution is 2.35. The van der Waals surface area contributed by atoms with Crippen molar-refractivity contribution >= 4 is 28.6 Å². The molecular formula is C16H22ClN5O3. The zero-order chi connectivity index (χ0) is 17.6. The molecule has 0 aliphatic carbocycles. The Morgan fingerprint density at radius 1 is 1.24 bits per heavy atom. The first-order chi connectivity index (χ1) is 12.0. The van der Waals surface area contributed by atoms with E-state index in [1.165, 1.54) is 0 Å². The van der Waals surface area contributed by atoms with Crippen LogP contribution in [0.4, 0.5) is 5.82 Å². The number of aryl methyl sites for hydroxylation is 1. The molecule has 2 atom stereocenters. The van der Waals surface area contributed by atoms with Crippen molar-refractivity contribution in [2.45, 2.75) is 38.0 Å². The average Bonchev–Trinajstić information content (AvgIpc) is 2.93. The highest BCUT2D eigenvalue weighted by Gasteiger charge is 2.38. The molecule has 9 heteroatoms. The third-order valence-electron chi connectivity index (χ3n) is 4.91. The number of aromatic nitrogens is 4. The number of rotatable bonds is 2. The van der Waals surface area contributed by atoms with Crippen molar-refractivity contribution in [2.75, 3.05) is 31.3 Å². The summed E-state index contributed by atoms with van der Waals surface area (Å²) in [7, 11) is 1.82. The Morgan fingerprint density at radius 2 is 2.08 bits per heavy atom. The van der Waals surface area contributed by atoms with E-state index in [1.54, 1.807) is 4.57 Å². The highest BCUT2D eigenvalue weighted by molar-refractivity contribution is 6.28. The van der Waals surface area contributed by atoms with Crippen LogP contribution < -0.4 is 4.90 Å². The van der Waals surface area contributed by atoms with E-state index in [-0.39, 0.29) is 11.3 Å². The molecule has 136 valence electrons. The number of anilines is 1. The first-order valence-corrected chi connectivity index (χ1v) is 8.98. The number of hydrogen-bond donors (Lipinski definition) is 1. The predicted molar refractivity (Wildman–Crippen MR) is 92.6 cm³/mol. The molecule has 0 spiro atoms. The number of nitrogens with zero attached hydrogens (tertiary/aromatic N) is 5. The lowest BCUT2D eigenvalue weighted by Crippen LogP contribution is -2.44. The Hall–Kier alpha value is -1.48. The minimum Gasteiger partial charge on any atom is -0.377 e. The fourth-order valence-electron chi connectivity index (χ4n) is 3.57. The minimum absolute atomic E-state index is 0.155. The molecule has 2 aliphatic rings. The van der Waals surface area contributed by atoms with Gasteiger partial charge in [0.25, 0.3) is 0 Å². The molecule has 1 N–H and O–H groups in total. The van der Waals surface area contributed by atoms with Crippen molar-refractivity contribution in [1.82, 2.24) is 19.5 Å². The molecule has 2 aromatic heterocycles. The van der Waals surface area contributed by atoms with Crippen molar-refractivity contribution in [3.63, 3.8) is 0 Å². The molecule has 2 fully saturated rings.